The van der Waals surface area contributed by atoms with Crippen LogP contribution >= 0.6 is 11.3 Å². The van der Waals surface area contributed by atoms with Crippen LogP contribution in [0.5, 0.6) is 0 Å². The van der Waals surface area contributed by atoms with Crippen LogP contribution in [0.15, 0.2) is 11.4 Å². The van der Waals surface area contributed by atoms with Gasteiger partial charge in [0.15, 0.2) is 0 Å². The van der Waals surface area contributed by atoms with Crippen molar-refractivity contribution in [1.82, 2.24) is 10.2 Å². The first kappa shape index (κ1) is 14.6. The molecule has 2 fully saturated rings. The minimum atomic E-state index is 0.113. The summed E-state index contributed by atoms with van der Waals surface area (Å²) >= 11 is 1.72. The van der Waals surface area contributed by atoms with Gasteiger partial charge in [-0.15, -0.1) is 11.3 Å². The predicted molar refractivity (Wildman–Crippen MR) is 82.8 cm³/mol. The maximum absolute atomic E-state index is 11.8. The summed E-state index contributed by atoms with van der Waals surface area (Å²) in [6, 6.07) is 2.49. The zero-order valence-corrected chi connectivity index (χ0v) is 12.8. The highest BCUT2D eigenvalue weighted by molar-refractivity contribution is 7.10. The molecule has 112 valence electrons. The van der Waals surface area contributed by atoms with Crippen molar-refractivity contribution < 1.29 is 9.90 Å². The monoisotopic (exact) mass is 304 g/mol. The smallest absolute Gasteiger partial charge is 0.224 e. The lowest BCUT2D eigenvalue weighted by atomic mass is 9.91. The quantitative estimate of drug-likeness (QED) is 0.825. The van der Waals surface area contributed by atoms with Gasteiger partial charge in [0.1, 0.15) is 0 Å². The molecule has 0 spiro atoms. The molecule has 21 heavy (non-hydrogen) atoms. The van der Waals surface area contributed by atoms with Crippen LogP contribution in [0.2, 0.25) is 0 Å². The number of carbonyl (C=O) groups excluding carboxylic acids is 1. The number of piperidine rings is 1. The average Bonchev–Trinajstić information content (AvgIpc) is 3.08. The number of nitrogens with zero attached hydrogens (tertiary/aromatic N) is 1. The molecular formula is C16H20N2O2S. The van der Waals surface area contributed by atoms with E-state index in [0.29, 0.717) is 12.5 Å². The topological polar surface area (TPSA) is 52.6 Å². The van der Waals surface area contributed by atoms with Crippen molar-refractivity contribution in [2.75, 3.05) is 19.7 Å². The van der Waals surface area contributed by atoms with Gasteiger partial charge in [0.05, 0.1) is 12.5 Å². The molecule has 2 unspecified atom stereocenters. The van der Waals surface area contributed by atoms with Crippen LogP contribution in [-0.2, 0) is 11.3 Å². The summed E-state index contributed by atoms with van der Waals surface area (Å²) in [4.78, 5) is 15.5. The van der Waals surface area contributed by atoms with Crippen LogP contribution in [0.3, 0.4) is 0 Å². The Morgan fingerprint density at radius 2 is 2.43 bits per heavy atom. The Morgan fingerprint density at radius 1 is 1.52 bits per heavy atom. The number of aliphatic hydroxyl groups is 1. The van der Waals surface area contributed by atoms with E-state index in [-0.39, 0.29) is 18.4 Å². The van der Waals surface area contributed by atoms with E-state index in [0.717, 1.165) is 38.0 Å². The van der Waals surface area contributed by atoms with Crippen molar-refractivity contribution in [3.8, 4) is 11.8 Å². The molecule has 5 heteroatoms. The van der Waals surface area contributed by atoms with Crippen LogP contribution in [0, 0.1) is 17.8 Å². The van der Waals surface area contributed by atoms with E-state index in [2.05, 4.69) is 33.5 Å². The number of aliphatic hydroxyl groups excluding tert-OH is 1. The first-order chi connectivity index (χ1) is 10.3. The molecule has 3 rings (SSSR count). The molecule has 2 N–H and O–H groups in total. The minimum Gasteiger partial charge on any atom is -0.395 e. The molecule has 1 aromatic heterocycles. The molecule has 2 atom stereocenters. The number of fused-ring (bicyclic) bond motifs is 1. The third-order valence-corrected chi connectivity index (χ3v) is 5.12. The van der Waals surface area contributed by atoms with Gasteiger partial charge >= 0.3 is 0 Å². The second kappa shape index (κ2) is 6.61. The molecule has 3 heterocycles. The fraction of sp³-hybridized carbons (Fsp3) is 0.562. The van der Waals surface area contributed by atoms with Crippen molar-refractivity contribution in [1.29, 1.82) is 0 Å². The van der Waals surface area contributed by atoms with E-state index in [9.17, 15) is 4.79 Å². The summed E-state index contributed by atoms with van der Waals surface area (Å²) in [5.41, 5.74) is 1.03. The fourth-order valence-electron chi connectivity index (χ4n) is 3.19. The van der Waals surface area contributed by atoms with Crippen molar-refractivity contribution in [3.05, 3.63) is 21.9 Å². The van der Waals surface area contributed by atoms with Crippen molar-refractivity contribution >= 4 is 17.2 Å². The first-order valence-electron chi connectivity index (χ1n) is 7.47. The lowest BCUT2D eigenvalue weighted by molar-refractivity contribution is -0.124. The number of rotatable bonds is 3. The number of likely N-dealkylation sites (tertiary alicyclic amines) is 1. The summed E-state index contributed by atoms with van der Waals surface area (Å²) in [5, 5.41) is 13.8. The Bertz CT molecular complexity index is 572. The van der Waals surface area contributed by atoms with E-state index < -0.39 is 0 Å². The first-order valence-corrected chi connectivity index (χ1v) is 8.35. The maximum atomic E-state index is 11.8. The van der Waals surface area contributed by atoms with E-state index in [1.807, 2.05) is 0 Å². The fourth-order valence-corrected chi connectivity index (χ4v) is 4.03. The molecule has 2 aliphatic rings. The van der Waals surface area contributed by atoms with Gasteiger partial charge in [-0.3, -0.25) is 9.69 Å². The Kier molecular flexibility index (Phi) is 4.59. The lowest BCUT2D eigenvalue weighted by Gasteiger charge is -2.35. The van der Waals surface area contributed by atoms with Gasteiger partial charge in [-0.25, -0.2) is 0 Å². The zero-order chi connectivity index (χ0) is 14.7. The van der Waals surface area contributed by atoms with Gasteiger partial charge in [0, 0.05) is 41.4 Å². The Labute approximate surface area is 129 Å². The molecule has 0 saturated carbocycles. The summed E-state index contributed by atoms with van der Waals surface area (Å²) < 4.78 is 0. The second-order valence-electron chi connectivity index (χ2n) is 5.61. The molecule has 1 amide bonds. The van der Waals surface area contributed by atoms with Gasteiger partial charge in [-0.1, -0.05) is 11.8 Å². The van der Waals surface area contributed by atoms with E-state index in [1.54, 1.807) is 11.3 Å². The van der Waals surface area contributed by atoms with Crippen LogP contribution in [-0.4, -0.2) is 41.7 Å². The second-order valence-corrected chi connectivity index (χ2v) is 6.60. The molecule has 0 bridgehead atoms. The highest BCUT2D eigenvalue weighted by atomic mass is 32.1. The molecule has 2 saturated heterocycles. The van der Waals surface area contributed by atoms with Gasteiger partial charge < -0.3 is 10.4 Å². The highest BCUT2D eigenvalue weighted by Gasteiger charge is 2.40. The molecule has 0 aromatic carbocycles. The molecule has 0 radical (unpaired) electrons. The number of nitrogens with one attached hydrogen (secondary N) is 1. The van der Waals surface area contributed by atoms with Crippen LogP contribution in [0.1, 0.15) is 29.7 Å². The molecule has 2 aliphatic heterocycles. The Morgan fingerprint density at radius 3 is 3.29 bits per heavy atom. The molecular weight excluding hydrogens is 284 g/mol. The Hall–Kier alpha value is -1.35. The summed E-state index contributed by atoms with van der Waals surface area (Å²) in [5.74, 6) is 6.43. The lowest BCUT2D eigenvalue weighted by Crippen LogP contribution is -2.44. The maximum Gasteiger partial charge on any atom is 0.224 e. The number of thiophene rings is 1. The summed E-state index contributed by atoms with van der Waals surface area (Å²) in [7, 11) is 0. The van der Waals surface area contributed by atoms with E-state index >= 15 is 0 Å². The van der Waals surface area contributed by atoms with Crippen LogP contribution in [0.25, 0.3) is 0 Å². The summed E-state index contributed by atoms with van der Waals surface area (Å²) in [6.07, 6.45) is 2.65. The van der Waals surface area contributed by atoms with Gasteiger partial charge in [-0.2, -0.15) is 0 Å². The van der Waals surface area contributed by atoms with Crippen LogP contribution < -0.4 is 5.32 Å². The number of carbonyl (C=O) groups is 1. The third-order valence-electron chi connectivity index (χ3n) is 4.20. The van der Waals surface area contributed by atoms with Gasteiger partial charge in [0.25, 0.3) is 0 Å². The zero-order valence-electron chi connectivity index (χ0n) is 12.0. The van der Waals surface area contributed by atoms with E-state index in [1.165, 1.54) is 4.88 Å². The largest absolute Gasteiger partial charge is 0.395 e. The summed E-state index contributed by atoms with van der Waals surface area (Å²) in [6.45, 7) is 2.88. The van der Waals surface area contributed by atoms with E-state index in [4.69, 9.17) is 5.11 Å². The average molecular weight is 304 g/mol. The SMILES string of the molecule is O=C1NCC2C1CCCN2Cc1cc(C#CCCO)cs1. The highest BCUT2D eigenvalue weighted by Crippen LogP contribution is 2.29. The van der Waals surface area contributed by atoms with Crippen molar-refractivity contribution in [2.45, 2.75) is 31.8 Å². The van der Waals surface area contributed by atoms with Gasteiger partial charge in [0.2, 0.25) is 5.91 Å². The van der Waals surface area contributed by atoms with Gasteiger partial charge in [-0.05, 0) is 25.5 Å². The van der Waals surface area contributed by atoms with Crippen LogP contribution in [0.4, 0.5) is 0 Å². The van der Waals surface area contributed by atoms with Crippen molar-refractivity contribution in [3.63, 3.8) is 0 Å². The number of hydrogen-bond donors (Lipinski definition) is 2. The predicted octanol–water partition coefficient (Wildman–Crippen LogP) is 1.19. The minimum absolute atomic E-state index is 0.113. The molecule has 1 aromatic rings. The number of hydrogen-bond acceptors (Lipinski definition) is 4. The normalized spacial score (nSPS) is 25.1. The molecule has 4 nitrogen and oxygen atoms in total. The molecule has 0 aliphatic carbocycles. The third kappa shape index (κ3) is 3.29. The number of amides is 1. The standard InChI is InChI=1S/C16H20N2O2S/c19-7-2-1-4-12-8-13(21-11-12)10-18-6-3-5-14-15(18)9-17-16(14)20/h8,11,14-15,19H,2-3,5-7,9-10H2,(H,17,20). The Balaban J connectivity index is 1.64. The van der Waals surface area contributed by atoms with Crippen molar-refractivity contribution in [2.24, 2.45) is 5.92 Å².